The molecule has 0 amide bonds. The average molecular weight is 541 g/mol. The molecule has 0 bridgehead atoms. The van der Waals surface area contributed by atoms with Crippen LogP contribution in [0.4, 0.5) is 0 Å². The first-order chi connectivity index (χ1) is 19.0. The Hall–Kier alpha value is -4.43. The van der Waals surface area contributed by atoms with E-state index in [2.05, 4.69) is 4.99 Å². The van der Waals surface area contributed by atoms with Crippen molar-refractivity contribution in [3.05, 3.63) is 127 Å². The number of thiazole rings is 1. The number of benzene rings is 3. The lowest BCUT2D eigenvalue weighted by molar-refractivity contribution is -0.139. The number of carbonyl (C=O) groups excluding carboxylic acids is 1. The first-order valence-electron chi connectivity index (χ1n) is 12.6. The maximum Gasteiger partial charge on any atom is 0.338 e. The molecule has 0 saturated carbocycles. The topological polar surface area (TPSA) is 79.1 Å². The maximum absolute atomic E-state index is 13.8. The van der Waals surface area contributed by atoms with Gasteiger partial charge in [0, 0.05) is 0 Å². The van der Waals surface area contributed by atoms with Crippen molar-refractivity contribution in [1.29, 1.82) is 0 Å². The van der Waals surface area contributed by atoms with Crippen LogP contribution in [0, 0.1) is 0 Å². The molecule has 1 atom stereocenters. The van der Waals surface area contributed by atoms with Gasteiger partial charge in [-0.1, -0.05) is 65.9 Å². The quantitative estimate of drug-likeness (QED) is 0.310. The third kappa shape index (κ3) is 5.56. The second-order valence-electron chi connectivity index (χ2n) is 8.92. The number of methoxy groups -OCH3 is 1. The molecule has 5 rings (SSSR count). The number of hydrogen-bond acceptors (Lipinski definition) is 7. The molecule has 198 valence electrons. The molecular weight excluding hydrogens is 512 g/mol. The second-order valence-corrected chi connectivity index (χ2v) is 9.93. The van der Waals surface area contributed by atoms with Crippen LogP contribution in [0.3, 0.4) is 0 Å². The summed E-state index contributed by atoms with van der Waals surface area (Å²) in [7, 11) is 1.59. The van der Waals surface area contributed by atoms with Gasteiger partial charge in [0.15, 0.2) is 4.80 Å². The summed E-state index contributed by atoms with van der Waals surface area (Å²) in [5, 5.41) is 0. The van der Waals surface area contributed by atoms with Crippen molar-refractivity contribution in [2.24, 2.45) is 4.99 Å². The van der Waals surface area contributed by atoms with Crippen molar-refractivity contribution >= 4 is 23.4 Å². The Bertz CT molecular complexity index is 1700. The van der Waals surface area contributed by atoms with Crippen LogP contribution in [0.2, 0.25) is 0 Å². The van der Waals surface area contributed by atoms with Crippen LogP contribution in [0.1, 0.15) is 36.6 Å². The lowest BCUT2D eigenvalue weighted by atomic mass is 9.96. The van der Waals surface area contributed by atoms with E-state index in [9.17, 15) is 9.59 Å². The Kier molecular flexibility index (Phi) is 7.74. The third-order valence-corrected chi connectivity index (χ3v) is 7.34. The number of ether oxygens (including phenoxy) is 3. The molecule has 0 N–H and O–H groups in total. The lowest BCUT2D eigenvalue weighted by Crippen LogP contribution is -2.39. The molecule has 1 aromatic heterocycles. The zero-order chi connectivity index (χ0) is 27.4. The predicted octanol–water partition coefficient (Wildman–Crippen LogP) is 4.39. The minimum atomic E-state index is -0.672. The van der Waals surface area contributed by atoms with Gasteiger partial charge in [-0.2, -0.15) is 0 Å². The Labute approximate surface area is 229 Å². The summed E-state index contributed by atoms with van der Waals surface area (Å²) in [4.78, 5) is 32.0. The Balaban J connectivity index is 1.55. The largest absolute Gasteiger partial charge is 0.497 e. The van der Waals surface area contributed by atoms with Crippen molar-refractivity contribution in [2.45, 2.75) is 26.5 Å². The van der Waals surface area contributed by atoms with E-state index in [1.165, 1.54) is 11.3 Å². The minimum absolute atomic E-state index is 0.220. The van der Waals surface area contributed by atoms with Gasteiger partial charge in [0.25, 0.3) is 5.56 Å². The van der Waals surface area contributed by atoms with Crippen LogP contribution < -0.4 is 24.4 Å². The van der Waals surface area contributed by atoms with Gasteiger partial charge in [0.1, 0.15) is 18.1 Å². The van der Waals surface area contributed by atoms with Crippen molar-refractivity contribution in [1.82, 2.24) is 4.57 Å². The van der Waals surface area contributed by atoms with Crippen molar-refractivity contribution in [3.8, 4) is 11.5 Å². The molecule has 1 unspecified atom stereocenters. The van der Waals surface area contributed by atoms with E-state index in [0.29, 0.717) is 38.7 Å². The summed E-state index contributed by atoms with van der Waals surface area (Å²) >= 11 is 1.29. The van der Waals surface area contributed by atoms with Gasteiger partial charge in [0.05, 0.1) is 35.6 Å². The number of carbonyl (C=O) groups is 1. The van der Waals surface area contributed by atoms with Gasteiger partial charge < -0.3 is 14.2 Å². The summed E-state index contributed by atoms with van der Waals surface area (Å²) in [6.45, 7) is 4.19. The fourth-order valence-electron chi connectivity index (χ4n) is 4.48. The molecule has 39 heavy (non-hydrogen) atoms. The van der Waals surface area contributed by atoms with Gasteiger partial charge >= 0.3 is 5.97 Å². The first kappa shape index (κ1) is 26.2. The van der Waals surface area contributed by atoms with E-state index in [1.807, 2.05) is 84.9 Å². The molecule has 2 heterocycles. The van der Waals surface area contributed by atoms with Crippen molar-refractivity contribution < 1.29 is 19.0 Å². The summed E-state index contributed by atoms with van der Waals surface area (Å²) < 4.78 is 18.7. The number of fused-ring (bicyclic) bond motifs is 1. The number of hydrogen-bond donors (Lipinski definition) is 0. The maximum atomic E-state index is 13.8. The molecule has 0 spiro atoms. The number of esters is 1. The SMILES string of the molecule is CCOC(=O)C1=C(C)N=c2s/c(=C\c3cccc(OCc4ccccc4)c3)c(=O)n2C1c1ccc(OC)cc1. The number of allylic oxidation sites excluding steroid dienone is 1. The van der Waals surface area contributed by atoms with Gasteiger partial charge in [-0.3, -0.25) is 9.36 Å². The second kappa shape index (κ2) is 11.5. The Morgan fingerprint density at radius 2 is 1.79 bits per heavy atom. The molecule has 4 aromatic rings. The Morgan fingerprint density at radius 1 is 1.03 bits per heavy atom. The van der Waals surface area contributed by atoms with Crippen LogP contribution in [0.25, 0.3) is 6.08 Å². The van der Waals surface area contributed by atoms with Gasteiger partial charge in [-0.05, 0) is 60.9 Å². The molecule has 0 saturated heterocycles. The Morgan fingerprint density at radius 3 is 2.51 bits per heavy atom. The van der Waals surface area contributed by atoms with Crippen molar-refractivity contribution in [3.63, 3.8) is 0 Å². The summed E-state index contributed by atoms with van der Waals surface area (Å²) in [6.07, 6.45) is 1.83. The van der Waals surface area contributed by atoms with E-state index in [0.717, 1.165) is 16.7 Å². The van der Waals surface area contributed by atoms with Gasteiger partial charge in [-0.15, -0.1) is 0 Å². The normalized spacial score (nSPS) is 14.9. The highest BCUT2D eigenvalue weighted by Gasteiger charge is 2.33. The van der Waals surface area contributed by atoms with Crippen LogP contribution in [0.5, 0.6) is 11.5 Å². The fourth-order valence-corrected chi connectivity index (χ4v) is 5.53. The average Bonchev–Trinajstić information content (AvgIpc) is 3.26. The lowest BCUT2D eigenvalue weighted by Gasteiger charge is -2.24. The van der Waals surface area contributed by atoms with Gasteiger partial charge in [-0.25, -0.2) is 9.79 Å². The first-order valence-corrected chi connectivity index (χ1v) is 13.4. The molecular formula is C31H28N2O5S. The number of rotatable bonds is 8. The number of aromatic nitrogens is 1. The minimum Gasteiger partial charge on any atom is -0.497 e. The zero-order valence-electron chi connectivity index (χ0n) is 21.9. The van der Waals surface area contributed by atoms with Crippen LogP contribution in [-0.2, 0) is 16.1 Å². The van der Waals surface area contributed by atoms with Crippen LogP contribution in [0.15, 0.2) is 99.9 Å². The summed E-state index contributed by atoms with van der Waals surface area (Å²) in [5.74, 6) is 0.896. The predicted molar refractivity (Wildman–Crippen MR) is 151 cm³/mol. The van der Waals surface area contributed by atoms with E-state index < -0.39 is 12.0 Å². The van der Waals surface area contributed by atoms with Crippen LogP contribution >= 0.6 is 11.3 Å². The monoisotopic (exact) mass is 540 g/mol. The zero-order valence-corrected chi connectivity index (χ0v) is 22.7. The van der Waals surface area contributed by atoms with Gasteiger partial charge in [0.2, 0.25) is 0 Å². The molecule has 0 aliphatic carbocycles. The van der Waals surface area contributed by atoms with E-state index in [1.54, 1.807) is 25.5 Å². The highest BCUT2D eigenvalue weighted by molar-refractivity contribution is 7.07. The van der Waals surface area contributed by atoms with Crippen molar-refractivity contribution in [2.75, 3.05) is 13.7 Å². The van der Waals surface area contributed by atoms with E-state index in [4.69, 9.17) is 14.2 Å². The third-order valence-electron chi connectivity index (χ3n) is 6.35. The standard InChI is InChI=1S/C31H28N2O5S/c1-4-37-30(35)27-20(2)32-31-33(28(27)23-13-15-24(36-3)16-14-23)29(34)26(39-31)18-22-11-8-12-25(17-22)38-19-21-9-6-5-7-10-21/h5-18,28H,4,19H2,1-3H3/b26-18-. The molecule has 3 aromatic carbocycles. The van der Waals surface area contributed by atoms with E-state index >= 15 is 0 Å². The van der Waals surface area contributed by atoms with E-state index in [-0.39, 0.29) is 12.2 Å². The molecule has 0 radical (unpaired) electrons. The highest BCUT2D eigenvalue weighted by Crippen LogP contribution is 2.31. The highest BCUT2D eigenvalue weighted by atomic mass is 32.1. The summed E-state index contributed by atoms with van der Waals surface area (Å²) in [6, 6.07) is 24.2. The smallest absolute Gasteiger partial charge is 0.338 e. The molecule has 7 nitrogen and oxygen atoms in total. The fraction of sp³-hybridized carbons (Fsp3) is 0.194. The molecule has 8 heteroatoms. The molecule has 0 fully saturated rings. The molecule has 1 aliphatic rings. The van der Waals surface area contributed by atoms with Crippen LogP contribution in [-0.4, -0.2) is 24.3 Å². The summed E-state index contributed by atoms with van der Waals surface area (Å²) in [5.41, 5.74) is 3.30. The number of nitrogens with zero attached hydrogens (tertiary/aromatic N) is 2. The molecule has 1 aliphatic heterocycles.